The summed E-state index contributed by atoms with van der Waals surface area (Å²) in [6.45, 7) is 1.99. The van der Waals surface area contributed by atoms with Crippen LogP contribution in [0.2, 0.25) is 0 Å². The minimum absolute atomic E-state index is 0.0585. The van der Waals surface area contributed by atoms with Crippen molar-refractivity contribution in [2.45, 2.75) is 19.8 Å². The maximum Gasteiger partial charge on any atom is 0.228 e. The molecule has 3 N–H and O–H groups in total. The highest BCUT2D eigenvalue weighted by atomic mass is 32.2. The van der Waals surface area contributed by atoms with Crippen LogP contribution in [0.25, 0.3) is 22.2 Å². The van der Waals surface area contributed by atoms with Crippen molar-refractivity contribution >= 4 is 46.0 Å². The standard InChI is InChI=1S/C25H20F2N4O2S/c1-2-7-34-31-20-6-4-18(26)22(23(20)27)24(33)17-12-29-25-16(17)9-15(11-28-25)13-3-5-19-14(8-13)10-21(32)30-19/h3-6,8-9,11-12,31H,2,7,10H2,1H3,(H,28,29)(H,30,32). The van der Waals surface area contributed by atoms with Gasteiger partial charge in [0.1, 0.15) is 11.5 Å². The van der Waals surface area contributed by atoms with Crippen molar-refractivity contribution in [2.75, 3.05) is 15.8 Å². The van der Waals surface area contributed by atoms with Gasteiger partial charge in [-0.2, -0.15) is 0 Å². The number of nitrogens with one attached hydrogen (secondary N) is 3. The third-order valence-electron chi connectivity index (χ3n) is 5.65. The number of aromatic nitrogens is 2. The summed E-state index contributed by atoms with van der Waals surface area (Å²) in [6, 6.07) is 9.70. The van der Waals surface area contributed by atoms with Gasteiger partial charge in [-0.15, -0.1) is 0 Å². The van der Waals surface area contributed by atoms with Gasteiger partial charge >= 0.3 is 0 Å². The molecule has 0 saturated carbocycles. The third-order valence-corrected chi connectivity index (χ3v) is 6.62. The van der Waals surface area contributed by atoms with E-state index in [1.54, 1.807) is 12.3 Å². The molecule has 0 aliphatic carbocycles. The highest BCUT2D eigenvalue weighted by Crippen LogP contribution is 2.32. The normalized spacial score (nSPS) is 12.6. The Morgan fingerprint density at radius 1 is 1.18 bits per heavy atom. The summed E-state index contributed by atoms with van der Waals surface area (Å²) in [5, 5.41) is 3.25. The molecule has 1 amide bonds. The molecule has 0 bridgehead atoms. The Morgan fingerprint density at radius 3 is 2.85 bits per heavy atom. The summed E-state index contributed by atoms with van der Waals surface area (Å²) < 4.78 is 32.6. The highest BCUT2D eigenvalue weighted by molar-refractivity contribution is 8.00. The number of carbonyl (C=O) groups excluding carboxylic acids is 2. The number of hydrogen-bond acceptors (Lipinski definition) is 5. The summed E-state index contributed by atoms with van der Waals surface area (Å²) in [5.41, 5.74) is 3.19. The van der Waals surface area contributed by atoms with Gasteiger partial charge in [-0.25, -0.2) is 13.8 Å². The minimum Gasteiger partial charge on any atom is -0.345 e. The Kier molecular flexibility index (Phi) is 5.79. The second kappa shape index (κ2) is 8.90. The molecule has 172 valence electrons. The number of fused-ring (bicyclic) bond motifs is 2. The number of amides is 1. The first-order valence-electron chi connectivity index (χ1n) is 10.8. The molecular weight excluding hydrogens is 458 g/mol. The maximum atomic E-state index is 15.1. The zero-order valence-electron chi connectivity index (χ0n) is 18.2. The number of H-pyrrole nitrogens is 1. The third kappa shape index (κ3) is 3.92. The number of carbonyl (C=O) groups is 2. The molecular formula is C25H20F2N4O2S. The zero-order chi connectivity index (χ0) is 23.8. The predicted molar refractivity (Wildman–Crippen MR) is 130 cm³/mol. The lowest BCUT2D eigenvalue weighted by Crippen LogP contribution is -2.09. The molecule has 0 saturated heterocycles. The molecule has 5 rings (SSSR count). The van der Waals surface area contributed by atoms with E-state index in [0.29, 0.717) is 17.5 Å². The molecule has 6 nitrogen and oxygen atoms in total. The fourth-order valence-electron chi connectivity index (χ4n) is 3.96. The number of anilines is 2. The topological polar surface area (TPSA) is 86.9 Å². The molecule has 1 aliphatic rings. The number of benzene rings is 2. The summed E-state index contributed by atoms with van der Waals surface area (Å²) >= 11 is 1.29. The van der Waals surface area contributed by atoms with Gasteiger partial charge in [-0.1, -0.05) is 24.9 Å². The van der Waals surface area contributed by atoms with Crippen molar-refractivity contribution in [1.82, 2.24) is 9.97 Å². The SMILES string of the molecule is CCCSNc1ccc(F)c(C(=O)c2c[nH]c3ncc(-c4ccc5c(c4)CC(=O)N5)cc23)c1F. The summed E-state index contributed by atoms with van der Waals surface area (Å²) in [5.74, 6) is -1.95. The first-order valence-corrected chi connectivity index (χ1v) is 11.8. The largest absolute Gasteiger partial charge is 0.345 e. The van der Waals surface area contributed by atoms with E-state index in [1.807, 2.05) is 25.1 Å². The number of aromatic amines is 1. The molecule has 0 fully saturated rings. The molecule has 2 aromatic carbocycles. The van der Waals surface area contributed by atoms with Crippen molar-refractivity contribution in [3.05, 3.63) is 77.1 Å². The van der Waals surface area contributed by atoms with E-state index in [-0.39, 0.29) is 17.2 Å². The van der Waals surface area contributed by atoms with Gasteiger partial charge in [-0.3, -0.25) is 9.59 Å². The van der Waals surface area contributed by atoms with Gasteiger partial charge in [0.25, 0.3) is 0 Å². The number of ketones is 1. The fraction of sp³-hybridized carbons (Fsp3) is 0.160. The predicted octanol–water partition coefficient (Wildman–Crippen LogP) is 5.70. The number of halogens is 2. The summed E-state index contributed by atoms with van der Waals surface area (Å²) in [7, 11) is 0. The van der Waals surface area contributed by atoms with Crippen LogP contribution in [0.4, 0.5) is 20.2 Å². The average molecular weight is 479 g/mol. The lowest BCUT2D eigenvalue weighted by Gasteiger charge is -2.10. The Balaban J connectivity index is 1.53. The number of pyridine rings is 1. The second-order valence-corrected chi connectivity index (χ2v) is 8.88. The Bertz CT molecular complexity index is 1450. The molecule has 34 heavy (non-hydrogen) atoms. The first-order chi connectivity index (χ1) is 16.5. The van der Waals surface area contributed by atoms with Gasteiger partial charge in [0.2, 0.25) is 11.7 Å². The smallest absolute Gasteiger partial charge is 0.228 e. The van der Waals surface area contributed by atoms with E-state index in [2.05, 4.69) is 20.0 Å². The monoisotopic (exact) mass is 478 g/mol. The van der Waals surface area contributed by atoms with Gasteiger partial charge in [0.15, 0.2) is 5.82 Å². The van der Waals surface area contributed by atoms with Gasteiger partial charge in [0.05, 0.1) is 17.7 Å². The highest BCUT2D eigenvalue weighted by Gasteiger charge is 2.25. The average Bonchev–Trinajstić information content (AvgIpc) is 3.42. The number of hydrogen-bond donors (Lipinski definition) is 3. The van der Waals surface area contributed by atoms with Crippen molar-refractivity contribution in [3.8, 4) is 11.1 Å². The number of rotatable bonds is 7. The Labute approximate surface area is 198 Å². The van der Waals surface area contributed by atoms with Crippen LogP contribution in [0.5, 0.6) is 0 Å². The van der Waals surface area contributed by atoms with Gasteiger partial charge < -0.3 is 15.0 Å². The molecule has 0 unspecified atom stereocenters. The molecule has 4 aromatic rings. The van der Waals surface area contributed by atoms with E-state index in [4.69, 9.17) is 0 Å². The van der Waals surface area contributed by atoms with Crippen molar-refractivity contribution < 1.29 is 18.4 Å². The Morgan fingerprint density at radius 2 is 2.03 bits per heavy atom. The van der Waals surface area contributed by atoms with Gasteiger partial charge in [-0.05, 0) is 47.9 Å². The summed E-state index contributed by atoms with van der Waals surface area (Å²) in [4.78, 5) is 32.2. The zero-order valence-corrected chi connectivity index (χ0v) is 19.0. The second-order valence-electron chi connectivity index (χ2n) is 7.98. The fourth-order valence-corrected chi connectivity index (χ4v) is 4.58. The first kappa shape index (κ1) is 22.1. The van der Waals surface area contributed by atoms with Crippen LogP contribution < -0.4 is 10.0 Å². The van der Waals surface area contributed by atoms with E-state index >= 15 is 4.39 Å². The van der Waals surface area contributed by atoms with Crippen LogP contribution >= 0.6 is 11.9 Å². The van der Waals surface area contributed by atoms with Crippen LogP contribution in [0.1, 0.15) is 34.8 Å². The van der Waals surface area contributed by atoms with Gasteiger partial charge in [0, 0.05) is 40.3 Å². The molecule has 9 heteroatoms. The molecule has 0 radical (unpaired) electrons. The van der Waals surface area contributed by atoms with E-state index < -0.39 is 23.0 Å². The van der Waals surface area contributed by atoms with E-state index in [1.165, 1.54) is 24.2 Å². The minimum atomic E-state index is -0.928. The van der Waals surface area contributed by atoms with Crippen molar-refractivity contribution in [1.29, 1.82) is 0 Å². The molecule has 0 spiro atoms. The molecule has 0 atom stereocenters. The summed E-state index contributed by atoms with van der Waals surface area (Å²) in [6.07, 6.45) is 4.25. The quantitative estimate of drug-likeness (QED) is 0.180. The van der Waals surface area contributed by atoms with E-state index in [9.17, 15) is 14.0 Å². The lowest BCUT2D eigenvalue weighted by atomic mass is 9.99. The molecule has 1 aliphatic heterocycles. The van der Waals surface area contributed by atoms with Crippen LogP contribution in [-0.4, -0.2) is 27.4 Å². The van der Waals surface area contributed by atoms with E-state index in [0.717, 1.165) is 40.6 Å². The maximum absolute atomic E-state index is 15.1. The van der Waals surface area contributed by atoms with Crippen molar-refractivity contribution in [3.63, 3.8) is 0 Å². The number of nitrogens with zero attached hydrogens (tertiary/aromatic N) is 1. The Hall–Kier alpha value is -3.72. The van der Waals surface area contributed by atoms with Crippen LogP contribution in [0, 0.1) is 11.6 Å². The van der Waals surface area contributed by atoms with Crippen molar-refractivity contribution in [2.24, 2.45) is 0 Å². The molecule has 2 aromatic heterocycles. The molecule has 3 heterocycles. The van der Waals surface area contributed by atoms with Crippen LogP contribution in [0.15, 0.2) is 48.8 Å². The lowest BCUT2D eigenvalue weighted by molar-refractivity contribution is -0.115. The van der Waals surface area contributed by atoms with Crippen LogP contribution in [0.3, 0.4) is 0 Å². The van der Waals surface area contributed by atoms with Crippen LogP contribution in [-0.2, 0) is 11.2 Å².